The lowest BCUT2D eigenvalue weighted by Gasteiger charge is -2.33. The second kappa shape index (κ2) is 5.90. The molecule has 0 bridgehead atoms. The van der Waals surface area contributed by atoms with Gasteiger partial charge in [0.05, 0.1) is 10.6 Å². The Labute approximate surface area is 125 Å². The van der Waals surface area contributed by atoms with Crippen LogP contribution in [-0.2, 0) is 10.0 Å². The van der Waals surface area contributed by atoms with Crippen molar-refractivity contribution in [3.8, 4) is 0 Å². The number of sulfonamides is 1. The topological polar surface area (TPSA) is 66.6 Å². The monoisotopic (exact) mass is 315 g/mol. The molecule has 21 heavy (non-hydrogen) atoms. The second-order valence-corrected chi connectivity index (χ2v) is 7.26. The number of halogens is 1. The number of nitrogens with zero attached hydrogens (tertiary/aromatic N) is 2. The molecule has 0 aliphatic carbocycles. The average molecular weight is 315 g/mol. The molecule has 0 amide bonds. The van der Waals surface area contributed by atoms with E-state index in [1.165, 1.54) is 10.4 Å². The van der Waals surface area contributed by atoms with Crippen LogP contribution in [0.25, 0.3) is 0 Å². The van der Waals surface area contributed by atoms with Gasteiger partial charge in [-0.25, -0.2) is 12.8 Å². The van der Waals surface area contributed by atoms with Gasteiger partial charge in [-0.2, -0.15) is 4.31 Å². The van der Waals surface area contributed by atoms with Crippen LogP contribution >= 0.6 is 0 Å². The zero-order valence-corrected chi connectivity index (χ0v) is 13.5. The Bertz CT molecular complexity index is 638. The summed E-state index contributed by atoms with van der Waals surface area (Å²) >= 11 is 0. The van der Waals surface area contributed by atoms with Crippen LogP contribution in [0.15, 0.2) is 11.0 Å². The Hall–Kier alpha value is -1.18. The molecule has 2 rings (SSSR count). The van der Waals surface area contributed by atoms with Crippen molar-refractivity contribution in [1.82, 2.24) is 9.21 Å². The van der Waals surface area contributed by atoms with Gasteiger partial charge in [-0.3, -0.25) is 0 Å². The molecule has 0 aromatic heterocycles. The minimum absolute atomic E-state index is 0.0913. The lowest BCUT2D eigenvalue weighted by atomic mass is 10.1. The van der Waals surface area contributed by atoms with Gasteiger partial charge in [-0.1, -0.05) is 6.92 Å². The average Bonchev–Trinajstić information content (AvgIpc) is 2.44. The van der Waals surface area contributed by atoms with E-state index >= 15 is 0 Å². The predicted molar refractivity (Wildman–Crippen MR) is 81.2 cm³/mol. The van der Waals surface area contributed by atoms with Crippen molar-refractivity contribution in [1.29, 1.82) is 0 Å². The smallest absolute Gasteiger partial charge is 0.243 e. The molecule has 0 unspecified atom stereocenters. The normalized spacial score (nSPS) is 18.1. The van der Waals surface area contributed by atoms with Crippen molar-refractivity contribution in [3.63, 3.8) is 0 Å². The molecule has 1 aromatic carbocycles. The molecule has 1 aromatic rings. The molecule has 2 N–H and O–H groups in total. The van der Waals surface area contributed by atoms with Crippen molar-refractivity contribution in [2.24, 2.45) is 0 Å². The van der Waals surface area contributed by atoms with Gasteiger partial charge < -0.3 is 10.6 Å². The van der Waals surface area contributed by atoms with E-state index < -0.39 is 15.8 Å². The number of anilines is 1. The van der Waals surface area contributed by atoms with E-state index in [4.69, 9.17) is 5.73 Å². The molecule has 1 heterocycles. The van der Waals surface area contributed by atoms with Crippen LogP contribution < -0.4 is 5.73 Å². The maximum absolute atomic E-state index is 13.6. The van der Waals surface area contributed by atoms with E-state index in [-0.39, 0.29) is 10.6 Å². The van der Waals surface area contributed by atoms with Crippen LogP contribution in [-0.4, -0.2) is 50.3 Å². The summed E-state index contributed by atoms with van der Waals surface area (Å²) in [5.41, 5.74) is 6.26. The van der Waals surface area contributed by atoms with Crippen LogP contribution in [0, 0.1) is 19.7 Å². The number of piperazine rings is 1. The Balaban J connectivity index is 2.40. The summed E-state index contributed by atoms with van der Waals surface area (Å²) in [6, 6.07) is 1.19. The first-order chi connectivity index (χ1) is 9.78. The predicted octanol–water partition coefficient (Wildman–Crippen LogP) is 1.35. The number of aryl methyl sites for hydroxylation is 1. The summed E-state index contributed by atoms with van der Waals surface area (Å²) in [7, 11) is -3.63. The molecule has 0 saturated carbocycles. The van der Waals surface area contributed by atoms with Gasteiger partial charge in [0.1, 0.15) is 5.82 Å². The number of hydrogen-bond acceptors (Lipinski definition) is 4. The summed E-state index contributed by atoms with van der Waals surface area (Å²) in [6.07, 6.45) is 0. The van der Waals surface area contributed by atoms with Crippen LogP contribution in [0.3, 0.4) is 0 Å². The van der Waals surface area contributed by atoms with Crippen LogP contribution in [0.2, 0.25) is 0 Å². The highest BCUT2D eigenvalue weighted by Gasteiger charge is 2.31. The molecule has 0 spiro atoms. The number of benzene rings is 1. The molecular formula is C14H22FN3O2S. The van der Waals surface area contributed by atoms with Gasteiger partial charge in [-0.15, -0.1) is 0 Å². The van der Waals surface area contributed by atoms with Gasteiger partial charge in [0.25, 0.3) is 0 Å². The molecule has 118 valence electrons. The van der Waals surface area contributed by atoms with Crippen LogP contribution in [0.4, 0.5) is 10.1 Å². The van der Waals surface area contributed by atoms with Gasteiger partial charge in [0.2, 0.25) is 10.0 Å². The number of nitrogen functional groups attached to an aromatic ring is 1. The molecule has 7 heteroatoms. The Morgan fingerprint density at radius 1 is 1.24 bits per heavy atom. The van der Waals surface area contributed by atoms with E-state index in [0.29, 0.717) is 37.3 Å². The standard InChI is InChI=1S/C14H22FN3O2S/c1-4-17-5-7-18(8-6-17)21(19,20)14-10(2)9-12(15)13(16)11(14)3/h9H,4-8,16H2,1-3H3. The highest BCUT2D eigenvalue weighted by Crippen LogP contribution is 2.30. The molecular weight excluding hydrogens is 293 g/mol. The van der Waals surface area contributed by atoms with Crippen molar-refractivity contribution in [3.05, 3.63) is 23.0 Å². The van der Waals surface area contributed by atoms with Gasteiger partial charge in [0.15, 0.2) is 0 Å². The number of rotatable bonds is 3. The minimum Gasteiger partial charge on any atom is -0.396 e. The Kier molecular flexibility index (Phi) is 4.55. The lowest BCUT2D eigenvalue weighted by molar-refractivity contribution is 0.196. The maximum atomic E-state index is 13.6. The molecule has 1 saturated heterocycles. The summed E-state index contributed by atoms with van der Waals surface area (Å²) in [5.74, 6) is -0.570. The first kappa shape index (κ1) is 16.2. The number of likely N-dealkylation sites (N-methyl/N-ethyl adjacent to an activating group) is 1. The summed E-state index contributed by atoms with van der Waals surface area (Å²) in [4.78, 5) is 2.34. The van der Waals surface area contributed by atoms with Gasteiger partial charge in [-0.05, 0) is 37.6 Å². The fourth-order valence-electron chi connectivity index (χ4n) is 2.74. The fraction of sp³-hybridized carbons (Fsp3) is 0.571. The molecule has 0 radical (unpaired) electrons. The van der Waals surface area contributed by atoms with E-state index in [1.54, 1.807) is 13.8 Å². The fourth-order valence-corrected chi connectivity index (χ4v) is 4.61. The lowest BCUT2D eigenvalue weighted by Crippen LogP contribution is -2.48. The van der Waals surface area contributed by atoms with Gasteiger partial charge >= 0.3 is 0 Å². The Morgan fingerprint density at radius 3 is 2.33 bits per heavy atom. The first-order valence-electron chi connectivity index (χ1n) is 7.06. The van der Waals surface area contributed by atoms with E-state index in [2.05, 4.69) is 11.8 Å². The minimum atomic E-state index is -3.63. The zero-order valence-electron chi connectivity index (χ0n) is 12.7. The number of hydrogen-bond donors (Lipinski definition) is 1. The summed E-state index contributed by atoms with van der Waals surface area (Å²) in [6.45, 7) is 8.45. The van der Waals surface area contributed by atoms with Crippen LogP contribution in [0.5, 0.6) is 0 Å². The quantitative estimate of drug-likeness (QED) is 0.855. The molecule has 5 nitrogen and oxygen atoms in total. The summed E-state index contributed by atoms with van der Waals surface area (Å²) < 4.78 is 40.7. The van der Waals surface area contributed by atoms with E-state index in [0.717, 1.165) is 6.54 Å². The second-order valence-electron chi connectivity index (χ2n) is 5.38. The molecule has 1 aliphatic heterocycles. The zero-order chi connectivity index (χ0) is 15.8. The van der Waals surface area contributed by atoms with Crippen molar-refractivity contribution in [2.45, 2.75) is 25.7 Å². The SMILES string of the molecule is CCN1CCN(S(=O)(=O)c2c(C)cc(F)c(N)c2C)CC1. The van der Waals surface area contributed by atoms with Crippen molar-refractivity contribution < 1.29 is 12.8 Å². The highest BCUT2D eigenvalue weighted by atomic mass is 32.2. The largest absolute Gasteiger partial charge is 0.396 e. The van der Waals surface area contributed by atoms with E-state index in [9.17, 15) is 12.8 Å². The summed E-state index contributed by atoms with van der Waals surface area (Å²) in [5, 5.41) is 0. The maximum Gasteiger partial charge on any atom is 0.243 e. The molecule has 1 fully saturated rings. The third-order valence-corrected chi connectivity index (χ3v) is 6.27. The molecule has 0 atom stereocenters. The van der Waals surface area contributed by atoms with Gasteiger partial charge in [0, 0.05) is 26.2 Å². The van der Waals surface area contributed by atoms with Crippen molar-refractivity contribution in [2.75, 3.05) is 38.5 Å². The third kappa shape index (κ3) is 2.90. The number of nitrogens with two attached hydrogens (primary N) is 1. The first-order valence-corrected chi connectivity index (χ1v) is 8.50. The van der Waals surface area contributed by atoms with Crippen LogP contribution in [0.1, 0.15) is 18.1 Å². The highest BCUT2D eigenvalue weighted by molar-refractivity contribution is 7.89. The molecule has 1 aliphatic rings. The van der Waals surface area contributed by atoms with Crippen molar-refractivity contribution >= 4 is 15.7 Å². The van der Waals surface area contributed by atoms with E-state index in [1.807, 2.05) is 0 Å². The third-order valence-electron chi connectivity index (χ3n) is 4.08. The Morgan fingerprint density at radius 2 is 1.81 bits per heavy atom.